The Morgan fingerprint density at radius 2 is 2.25 bits per heavy atom. The summed E-state index contributed by atoms with van der Waals surface area (Å²) in [5.74, 6) is 0. The molecule has 0 aliphatic carbocycles. The number of halogens is 3. The van der Waals surface area contributed by atoms with E-state index in [9.17, 15) is 13.2 Å². The van der Waals surface area contributed by atoms with E-state index < -0.39 is 11.9 Å². The van der Waals surface area contributed by atoms with E-state index in [-0.39, 0.29) is 0 Å². The number of rotatable bonds is 2. The number of aromatic nitrogens is 2. The second-order valence-electron chi connectivity index (χ2n) is 1.90. The third-order valence-corrected chi connectivity index (χ3v) is 1.05. The molecule has 4 nitrogen and oxygen atoms in total. The van der Waals surface area contributed by atoms with Crippen molar-refractivity contribution in [1.29, 1.82) is 0 Å². The van der Waals surface area contributed by atoms with Gasteiger partial charge < -0.3 is 0 Å². The maximum absolute atomic E-state index is 11.9. The van der Waals surface area contributed by atoms with Gasteiger partial charge in [0.05, 0.1) is 6.20 Å². The Bertz CT molecular complexity index is 276. The van der Waals surface area contributed by atoms with Gasteiger partial charge in [0.2, 0.25) is 0 Å². The van der Waals surface area contributed by atoms with Crippen LogP contribution in [0.4, 0.5) is 13.2 Å². The van der Waals surface area contributed by atoms with Gasteiger partial charge in [-0.15, -0.1) is 5.10 Å². The molecule has 1 heterocycles. The van der Waals surface area contributed by atoms with Crippen LogP contribution >= 0.6 is 0 Å². The van der Waals surface area contributed by atoms with Crippen molar-refractivity contribution in [2.45, 2.75) is 6.18 Å². The molecule has 0 unspecified atom stereocenters. The van der Waals surface area contributed by atoms with Crippen LogP contribution in [0.2, 0.25) is 0 Å². The van der Waals surface area contributed by atoms with E-state index in [1.165, 1.54) is 0 Å². The van der Waals surface area contributed by atoms with Crippen LogP contribution in [0.5, 0.6) is 0 Å². The first kappa shape index (κ1) is 8.57. The van der Waals surface area contributed by atoms with Crippen molar-refractivity contribution in [1.82, 2.24) is 9.89 Å². The minimum Gasteiger partial charge on any atom is -0.199 e. The van der Waals surface area contributed by atoms with E-state index in [4.69, 9.17) is 0 Å². The quantitative estimate of drug-likeness (QED) is 0.543. The highest BCUT2D eigenvalue weighted by Crippen LogP contribution is 2.26. The lowest BCUT2D eigenvalue weighted by Gasteiger charge is -2.00. The van der Waals surface area contributed by atoms with Crippen molar-refractivity contribution < 1.29 is 13.2 Å². The molecule has 0 saturated heterocycles. The number of hydrazone groups is 1. The lowest BCUT2D eigenvalue weighted by atomic mass is 10.4. The fraction of sp³-hybridized carbons (Fsp3) is 0.200. The van der Waals surface area contributed by atoms with Crippen molar-refractivity contribution in [3.8, 4) is 0 Å². The number of hydrogen-bond donors (Lipinski definition) is 1. The van der Waals surface area contributed by atoms with Crippen LogP contribution in [0.3, 0.4) is 0 Å². The summed E-state index contributed by atoms with van der Waals surface area (Å²) in [6.45, 7) is 3.02. The van der Waals surface area contributed by atoms with Crippen LogP contribution in [-0.4, -0.2) is 16.6 Å². The molecule has 0 fully saturated rings. The van der Waals surface area contributed by atoms with Gasteiger partial charge in [-0.2, -0.15) is 28.6 Å². The zero-order valence-corrected chi connectivity index (χ0v) is 5.84. The first-order chi connectivity index (χ1) is 5.54. The number of alkyl halides is 3. The molecule has 7 heteroatoms. The normalized spacial score (nSPS) is 11.2. The van der Waals surface area contributed by atoms with Crippen LogP contribution in [0.15, 0.2) is 17.4 Å². The summed E-state index contributed by atoms with van der Waals surface area (Å²) >= 11 is 0. The standard InChI is InChI=1S/C5H5F3N4/c1-9-11-12-3-2-4(10-12)5(6,7)8/h2-3,11H,1H2. The van der Waals surface area contributed by atoms with Gasteiger partial charge in [-0.25, -0.2) is 0 Å². The second-order valence-corrected chi connectivity index (χ2v) is 1.90. The van der Waals surface area contributed by atoms with E-state index >= 15 is 0 Å². The van der Waals surface area contributed by atoms with Gasteiger partial charge in [-0.05, 0) is 6.07 Å². The predicted molar refractivity (Wildman–Crippen MR) is 36.1 cm³/mol. The van der Waals surface area contributed by atoms with Crippen molar-refractivity contribution >= 4 is 6.72 Å². The third kappa shape index (κ3) is 1.74. The molecule has 12 heavy (non-hydrogen) atoms. The maximum Gasteiger partial charge on any atom is 0.435 e. The first-order valence-corrected chi connectivity index (χ1v) is 2.88. The molecule has 0 bridgehead atoms. The monoisotopic (exact) mass is 178 g/mol. The van der Waals surface area contributed by atoms with E-state index in [1.54, 1.807) is 0 Å². The minimum absolute atomic E-state index is 0.815. The van der Waals surface area contributed by atoms with Crippen LogP contribution in [0, 0.1) is 0 Å². The SMILES string of the molecule is C=NNn1ccc(C(F)(F)F)n1. The van der Waals surface area contributed by atoms with Gasteiger partial charge in [0, 0.05) is 6.72 Å². The molecule has 0 aromatic carbocycles. The van der Waals surface area contributed by atoms with Crippen molar-refractivity contribution in [2.24, 2.45) is 5.10 Å². The molecule has 0 spiro atoms. The topological polar surface area (TPSA) is 42.2 Å². The van der Waals surface area contributed by atoms with E-state index in [2.05, 4.69) is 22.5 Å². The highest BCUT2D eigenvalue weighted by atomic mass is 19.4. The molecule has 1 N–H and O–H groups in total. The Kier molecular flexibility index (Phi) is 2.03. The zero-order chi connectivity index (χ0) is 9.19. The summed E-state index contributed by atoms with van der Waals surface area (Å²) in [7, 11) is 0. The summed E-state index contributed by atoms with van der Waals surface area (Å²) in [5.41, 5.74) is 1.15. The molecule has 0 saturated carbocycles. The molecule has 0 atom stereocenters. The highest BCUT2D eigenvalue weighted by Gasteiger charge is 2.33. The predicted octanol–water partition coefficient (Wildman–Crippen LogP) is 1.06. The van der Waals surface area contributed by atoms with Crippen molar-refractivity contribution in [2.75, 3.05) is 5.53 Å². The van der Waals surface area contributed by atoms with Crippen LogP contribution in [0.25, 0.3) is 0 Å². The minimum atomic E-state index is -4.42. The molecule has 1 rings (SSSR count). The van der Waals surface area contributed by atoms with Gasteiger partial charge in [0.1, 0.15) is 0 Å². The van der Waals surface area contributed by atoms with Gasteiger partial charge in [-0.1, -0.05) is 0 Å². The summed E-state index contributed by atoms with van der Waals surface area (Å²) < 4.78 is 35.7. The molecule has 0 radical (unpaired) electrons. The lowest BCUT2D eigenvalue weighted by Crippen LogP contribution is -2.12. The van der Waals surface area contributed by atoms with Gasteiger partial charge in [-0.3, -0.25) is 0 Å². The summed E-state index contributed by atoms with van der Waals surface area (Å²) in [6.07, 6.45) is -3.33. The van der Waals surface area contributed by atoms with Gasteiger partial charge in [0.15, 0.2) is 5.69 Å². The zero-order valence-electron chi connectivity index (χ0n) is 5.84. The Labute approximate surface area is 65.7 Å². The second kappa shape index (κ2) is 2.84. The average Bonchev–Trinajstić information content (AvgIpc) is 2.35. The van der Waals surface area contributed by atoms with E-state index in [0.29, 0.717) is 0 Å². The number of nitrogens with zero attached hydrogens (tertiary/aromatic N) is 3. The van der Waals surface area contributed by atoms with E-state index in [1.807, 2.05) is 0 Å². The largest absolute Gasteiger partial charge is 0.435 e. The maximum atomic E-state index is 11.9. The summed E-state index contributed by atoms with van der Waals surface area (Å²) in [6, 6.07) is 0.832. The Hall–Kier alpha value is -1.53. The summed E-state index contributed by atoms with van der Waals surface area (Å²) in [4.78, 5) is 0.815. The number of nitrogens with one attached hydrogen (secondary N) is 1. The summed E-state index contributed by atoms with van der Waals surface area (Å²) in [5, 5.41) is 6.25. The van der Waals surface area contributed by atoms with Crippen molar-refractivity contribution in [3.05, 3.63) is 18.0 Å². The van der Waals surface area contributed by atoms with Crippen LogP contribution in [-0.2, 0) is 6.18 Å². The van der Waals surface area contributed by atoms with Crippen molar-refractivity contribution in [3.63, 3.8) is 0 Å². The lowest BCUT2D eigenvalue weighted by molar-refractivity contribution is -0.141. The Balaban J connectivity index is 2.84. The first-order valence-electron chi connectivity index (χ1n) is 2.88. The van der Waals surface area contributed by atoms with Gasteiger partial charge in [0.25, 0.3) is 0 Å². The Morgan fingerprint density at radius 1 is 1.58 bits per heavy atom. The highest BCUT2D eigenvalue weighted by molar-refractivity contribution is 5.23. The molecular formula is C5H5F3N4. The fourth-order valence-electron chi connectivity index (χ4n) is 0.603. The van der Waals surface area contributed by atoms with E-state index in [0.717, 1.165) is 17.1 Å². The smallest absolute Gasteiger partial charge is 0.199 e. The van der Waals surface area contributed by atoms with Crippen LogP contribution < -0.4 is 5.53 Å². The van der Waals surface area contributed by atoms with Crippen LogP contribution in [0.1, 0.15) is 5.69 Å². The molecule has 0 amide bonds. The molecule has 66 valence electrons. The molecule has 0 aliphatic rings. The molecule has 1 aromatic rings. The molecular weight excluding hydrogens is 173 g/mol. The number of hydrogen-bond acceptors (Lipinski definition) is 3. The average molecular weight is 178 g/mol. The third-order valence-electron chi connectivity index (χ3n) is 1.05. The molecule has 1 aromatic heterocycles. The molecule has 0 aliphatic heterocycles. The Morgan fingerprint density at radius 3 is 2.67 bits per heavy atom. The fourth-order valence-corrected chi connectivity index (χ4v) is 0.603. The van der Waals surface area contributed by atoms with Gasteiger partial charge >= 0.3 is 6.18 Å².